The van der Waals surface area contributed by atoms with Gasteiger partial charge in [-0.05, 0) is 262 Å². The van der Waals surface area contributed by atoms with Crippen LogP contribution in [0.3, 0.4) is 0 Å². The highest BCUT2D eigenvalue weighted by atomic mass is 15.2. The first-order valence-electron chi connectivity index (χ1n) is 48.6. The number of rotatable bonds is 19. The Kier molecular flexibility index (Phi) is 17.5. The maximum atomic E-state index is 2.82. The van der Waals surface area contributed by atoms with Crippen LogP contribution in [0.1, 0.15) is 107 Å². The molecule has 5 nitrogen and oxygen atoms in total. The molecule has 0 fully saturated rings. The van der Waals surface area contributed by atoms with Gasteiger partial charge in [0.25, 0.3) is 6.71 Å². The topological polar surface area (TPSA) is 21.3 Å². The Bertz CT molecular complexity index is 8010. The number of unbranched alkanes of at least 4 members (excludes halogenated alkanes) is 6. The minimum atomic E-state index is -0.402. The molecule has 0 N–H and O–H groups in total. The zero-order valence-corrected chi connectivity index (χ0v) is 74.7. The van der Waals surface area contributed by atoms with Crippen molar-refractivity contribution in [3.05, 3.63) is 480 Å². The van der Waals surface area contributed by atoms with Crippen molar-refractivity contribution in [2.24, 2.45) is 0 Å². The Morgan fingerprint density at radius 1 is 0.194 bits per heavy atom. The molecule has 3 aromatic heterocycles. The van der Waals surface area contributed by atoms with Gasteiger partial charge in [0.15, 0.2) is 0 Å². The van der Waals surface area contributed by atoms with E-state index in [-0.39, 0.29) is 6.71 Å². The highest BCUT2D eigenvalue weighted by Crippen LogP contribution is 2.66. The molecule has 22 aromatic rings. The molecule has 19 aromatic carbocycles. The zero-order chi connectivity index (χ0) is 87.9. The average Bonchev–Trinajstić information content (AvgIpc) is 1.49. The van der Waals surface area contributed by atoms with Crippen LogP contribution in [-0.2, 0) is 23.7 Å². The third-order valence-electron chi connectivity index (χ3n) is 31.5. The molecular weight excluding hydrogens is 1620 g/mol. The maximum Gasteiger partial charge on any atom is 0.252 e. The SMILES string of the molecule is c1ccc(-n2c3ccccc3c3cc4c(cc32)N(CCCCCCc2ccccc2-c2ccc3c(c2)C2(c5ccccc5-c5ccccc52)c2ccccc2-3)c2cc(-n3c5ccccc5c5ccccc53)cc3c2B4c2cc4c5ccccc5n(-c5ccccc5)c4cc2N3CCCCCCc2ccccc2-c2ccc3c(c2)C2(c4ccccc4-c4ccccc42)c2ccccc2-3)cc1. The molecule has 28 rings (SSSR count). The monoisotopic (exact) mass is 1710 g/mol. The van der Waals surface area contributed by atoms with Gasteiger partial charge in [-0.2, -0.15) is 0 Å². The summed E-state index contributed by atoms with van der Waals surface area (Å²) in [5.74, 6) is 0. The molecule has 0 saturated carbocycles. The lowest BCUT2D eigenvalue weighted by atomic mass is 9.33. The Morgan fingerprint density at radius 2 is 0.485 bits per heavy atom. The number of aryl methyl sites for hydroxylation is 2. The second kappa shape index (κ2) is 30.4. The van der Waals surface area contributed by atoms with Crippen molar-refractivity contribution in [1.82, 2.24) is 13.7 Å². The van der Waals surface area contributed by atoms with Crippen molar-refractivity contribution >= 4 is 111 Å². The summed E-state index contributed by atoms with van der Waals surface area (Å²) in [6.07, 6.45) is 10.5. The molecule has 0 radical (unpaired) electrons. The number of fused-ring (bicyclic) bond motifs is 33. The van der Waals surface area contributed by atoms with E-state index >= 15 is 0 Å². The molecule has 0 saturated heterocycles. The number of anilines is 4. The fourth-order valence-electron chi connectivity index (χ4n) is 26.0. The molecule has 634 valence electrons. The fourth-order valence-corrected chi connectivity index (χ4v) is 26.0. The second-order valence-corrected chi connectivity index (χ2v) is 38.2. The quantitative estimate of drug-likeness (QED) is 0.0594. The highest BCUT2D eigenvalue weighted by molar-refractivity contribution is 7.00. The van der Waals surface area contributed by atoms with E-state index < -0.39 is 10.8 Å². The van der Waals surface area contributed by atoms with Gasteiger partial charge in [0.1, 0.15) is 0 Å². The summed E-state index contributed by atoms with van der Waals surface area (Å²) in [5.41, 5.74) is 49.0. The van der Waals surface area contributed by atoms with Gasteiger partial charge in [0.2, 0.25) is 0 Å². The minimum absolute atomic E-state index is 0.121. The van der Waals surface area contributed by atoms with Gasteiger partial charge >= 0.3 is 0 Å². The summed E-state index contributed by atoms with van der Waals surface area (Å²) in [4.78, 5) is 5.63. The third kappa shape index (κ3) is 11.1. The summed E-state index contributed by atoms with van der Waals surface area (Å²) >= 11 is 0. The number of benzene rings is 19. The van der Waals surface area contributed by atoms with Gasteiger partial charge in [-0.1, -0.05) is 365 Å². The zero-order valence-electron chi connectivity index (χ0n) is 74.7. The molecule has 2 aliphatic heterocycles. The van der Waals surface area contributed by atoms with Crippen LogP contribution < -0.4 is 26.2 Å². The number of hydrogen-bond donors (Lipinski definition) is 0. The van der Waals surface area contributed by atoms with E-state index in [1.165, 1.54) is 233 Å². The molecule has 0 unspecified atom stereocenters. The summed E-state index contributed by atoms with van der Waals surface area (Å²) in [7, 11) is 0. The van der Waals surface area contributed by atoms with Gasteiger partial charge in [-0.25, -0.2) is 0 Å². The van der Waals surface area contributed by atoms with Crippen LogP contribution in [0.2, 0.25) is 0 Å². The first-order valence-corrected chi connectivity index (χ1v) is 48.6. The van der Waals surface area contributed by atoms with Gasteiger partial charge in [-0.3, -0.25) is 0 Å². The lowest BCUT2D eigenvalue weighted by Gasteiger charge is -2.45. The molecule has 2 spiro atoms. The van der Waals surface area contributed by atoms with Crippen molar-refractivity contribution in [3.63, 3.8) is 0 Å². The van der Waals surface area contributed by atoms with Crippen LogP contribution in [0.15, 0.2) is 425 Å². The summed E-state index contributed by atoms with van der Waals surface area (Å²) in [6, 6.07) is 163. The largest absolute Gasteiger partial charge is 0.342 e. The first kappa shape index (κ1) is 77.0. The molecule has 0 amide bonds. The van der Waals surface area contributed by atoms with E-state index in [9.17, 15) is 0 Å². The van der Waals surface area contributed by atoms with E-state index in [0.29, 0.717) is 0 Å². The van der Waals surface area contributed by atoms with Crippen LogP contribution >= 0.6 is 0 Å². The van der Waals surface area contributed by atoms with Crippen LogP contribution in [0.5, 0.6) is 0 Å². The van der Waals surface area contributed by atoms with Crippen LogP contribution in [0, 0.1) is 0 Å². The van der Waals surface area contributed by atoms with Crippen molar-refractivity contribution in [2.45, 2.75) is 75.0 Å². The average molecular weight is 1710 g/mol. The van der Waals surface area contributed by atoms with Gasteiger partial charge in [0, 0.05) is 79.5 Å². The lowest BCUT2D eigenvalue weighted by Crippen LogP contribution is -2.62. The Morgan fingerprint density at radius 3 is 0.851 bits per heavy atom. The molecular formula is C128H94BN5. The predicted molar refractivity (Wildman–Crippen MR) is 562 cm³/mol. The smallest absolute Gasteiger partial charge is 0.252 e. The van der Waals surface area contributed by atoms with Crippen molar-refractivity contribution in [3.8, 4) is 83.8 Å². The Hall–Kier alpha value is -15.8. The fraction of sp³-hybridized carbons (Fsp3) is 0.109. The number of nitrogens with zero attached hydrogens (tertiary/aromatic N) is 5. The number of hydrogen-bond acceptors (Lipinski definition) is 2. The highest BCUT2D eigenvalue weighted by Gasteiger charge is 2.54. The molecule has 6 heteroatoms. The van der Waals surface area contributed by atoms with E-state index in [0.717, 1.165) is 88.7 Å². The Labute approximate surface area is 781 Å². The Balaban J connectivity index is 0.557. The molecule has 4 aliphatic carbocycles. The van der Waals surface area contributed by atoms with Crippen molar-refractivity contribution in [1.29, 1.82) is 0 Å². The van der Waals surface area contributed by atoms with Crippen molar-refractivity contribution in [2.75, 3.05) is 22.9 Å². The lowest BCUT2D eigenvalue weighted by molar-refractivity contribution is 0.641. The van der Waals surface area contributed by atoms with E-state index in [1.807, 2.05) is 0 Å². The van der Waals surface area contributed by atoms with Crippen LogP contribution in [0.25, 0.3) is 149 Å². The van der Waals surface area contributed by atoms with Gasteiger partial charge < -0.3 is 23.5 Å². The summed E-state index contributed by atoms with van der Waals surface area (Å²) in [5, 5.41) is 7.59. The molecule has 0 bridgehead atoms. The molecule has 134 heavy (non-hydrogen) atoms. The summed E-state index contributed by atoms with van der Waals surface area (Å²) < 4.78 is 7.67. The van der Waals surface area contributed by atoms with Gasteiger partial charge in [-0.15, -0.1) is 0 Å². The maximum absolute atomic E-state index is 2.82. The van der Waals surface area contributed by atoms with Crippen LogP contribution in [0.4, 0.5) is 22.7 Å². The van der Waals surface area contributed by atoms with E-state index in [4.69, 9.17) is 0 Å². The van der Waals surface area contributed by atoms with Crippen LogP contribution in [-0.4, -0.2) is 33.5 Å². The van der Waals surface area contributed by atoms with Gasteiger partial charge in [0.05, 0.1) is 49.6 Å². The van der Waals surface area contributed by atoms with Crippen molar-refractivity contribution < 1.29 is 0 Å². The predicted octanol–water partition coefficient (Wildman–Crippen LogP) is 30.0. The standard InChI is InChI=1S/C128H94BN5/c1(7-39-83-41-13-15-47-90(83)85-69-71-98-96-53-21-31-63-110(96)127(112(98)75-85)106-59-27-17-49-92(106)93-50-18-28-60-107(93)127)3-37-73-130-122-81-120-104(102-57-25-35-67-118(102)132(120)87-43-9-5-10-44-87)79-114(122)129-115-80-105-103-58-26-36-68-119(103)133(88-45-11-6-12-46-88)121(105)82-123(115)131(125-78-89(77-124(130)126(125)129)134-116-65-33-23-55-100(116)101-56-24-34-66-117(101)134)74-38-4-2-8-40-84-42-14-16-48-91(84)86-70-72-99-97-54-22-32-64-111(97)128(113(99)76-86)108-61-29-19-51-94(108)95-52-20-30-62-109(95)128/h5-6,9-36,41-72,75-82H,1-4,7-8,37-40,73-74H2. The number of para-hydroxylation sites is 6. The minimum Gasteiger partial charge on any atom is -0.342 e. The molecule has 6 aliphatic rings. The molecule has 5 heterocycles. The molecule has 0 atom stereocenters. The van der Waals surface area contributed by atoms with E-state index in [2.05, 4.69) is 448 Å². The number of aromatic nitrogens is 3. The summed E-state index contributed by atoms with van der Waals surface area (Å²) in [6.45, 7) is 1.56. The van der Waals surface area contributed by atoms with E-state index in [1.54, 1.807) is 0 Å². The second-order valence-electron chi connectivity index (χ2n) is 38.2. The first-order chi connectivity index (χ1) is 66.5. The third-order valence-corrected chi connectivity index (χ3v) is 31.5. The normalized spacial score (nSPS) is 13.8.